The molecular weight excluding hydrogens is 583 g/mol. The molecule has 0 aliphatic heterocycles. The van der Waals surface area contributed by atoms with Crippen molar-refractivity contribution in [2.45, 2.75) is 19.3 Å². The predicted octanol–water partition coefficient (Wildman–Crippen LogP) is 11.6. The normalized spacial score (nSPS) is 13.9. The minimum absolute atomic E-state index is 0.0446. The van der Waals surface area contributed by atoms with E-state index in [1.165, 1.54) is 60.1 Å². The lowest BCUT2D eigenvalue weighted by Crippen LogP contribution is -2.16. The fourth-order valence-corrected chi connectivity index (χ4v) is 9.03. The summed E-state index contributed by atoms with van der Waals surface area (Å²) in [5.74, 6) is 0. The highest BCUT2D eigenvalue weighted by atomic mass is 16.1. The molecule has 0 amide bonds. The van der Waals surface area contributed by atoms with Gasteiger partial charge in [-0.2, -0.15) is 0 Å². The molecule has 2 aromatic heterocycles. The predicted molar refractivity (Wildman–Crippen MR) is 203 cm³/mol. The second-order valence-corrected chi connectivity index (χ2v) is 14.0. The van der Waals surface area contributed by atoms with E-state index in [-0.39, 0.29) is 11.0 Å². The Balaban J connectivity index is 1.29. The van der Waals surface area contributed by atoms with E-state index >= 15 is 0 Å². The molecule has 10 aromatic rings. The summed E-state index contributed by atoms with van der Waals surface area (Å²) in [5, 5.41) is 12.7. The fourth-order valence-electron chi connectivity index (χ4n) is 9.03. The number of benzene rings is 8. The van der Waals surface area contributed by atoms with Gasteiger partial charge in [0.15, 0.2) is 0 Å². The standard InChI is InChI=1S/C46H29NO/c1-46(2)41-18-10-9-16-34(41)37-24-38-40-23-27(22-39-32-15-7-8-17-35(32)45(48)47(44(39)40)43(38)25-42(37)46)26-19-20-33-30-13-4-3-11-28(30)29-12-5-6-14-31(29)36(33)21-26/h3-25H,1-2H3. The minimum Gasteiger partial charge on any atom is -0.275 e. The van der Waals surface area contributed by atoms with Crippen molar-refractivity contribution >= 4 is 70.3 Å². The summed E-state index contributed by atoms with van der Waals surface area (Å²) in [6.45, 7) is 4.60. The van der Waals surface area contributed by atoms with Crippen LogP contribution in [0.4, 0.5) is 0 Å². The third kappa shape index (κ3) is 3.15. The Morgan fingerprint density at radius 1 is 0.417 bits per heavy atom. The van der Waals surface area contributed by atoms with Crippen molar-refractivity contribution in [1.29, 1.82) is 0 Å². The number of rotatable bonds is 1. The van der Waals surface area contributed by atoms with Crippen molar-refractivity contribution in [2.75, 3.05) is 0 Å². The van der Waals surface area contributed by atoms with Gasteiger partial charge in [-0.3, -0.25) is 9.20 Å². The number of pyridine rings is 1. The molecule has 2 heteroatoms. The largest absolute Gasteiger partial charge is 0.275 e. The van der Waals surface area contributed by atoms with Gasteiger partial charge < -0.3 is 0 Å². The molecule has 8 aromatic carbocycles. The van der Waals surface area contributed by atoms with Gasteiger partial charge in [0.05, 0.1) is 11.0 Å². The van der Waals surface area contributed by atoms with Crippen LogP contribution < -0.4 is 5.56 Å². The molecular formula is C46H29NO. The number of nitrogens with zero attached hydrogens (tertiary/aromatic N) is 1. The van der Waals surface area contributed by atoms with E-state index in [1.807, 2.05) is 22.6 Å². The molecule has 2 heterocycles. The molecule has 224 valence electrons. The maximum absolute atomic E-state index is 14.3. The molecule has 0 unspecified atom stereocenters. The summed E-state index contributed by atoms with van der Waals surface area (Å²) in [6.07, 6.45) is 0. The topological polar surface area (TPSA) is 21.5 Å². The van der Waals surface area contributed by atoms with E-state index in [1.54, 1.807) is 0 Å². The van der Waals surface area contributed by atoms with Crippen LogP contribution in [0.3, 0.4) is 0 Å². The number of aromatic nitrogens is 1. The van der Waals surface area contributed by atoms with Gasteiger partial charge in [0.2, 0.25) is 0 Å². The molecule has 0 fully saturated rings. The van der Waals surface area contributed by atoms with E-state index in [4.69, 9.17) is 0 Å². The second-order valence-electron chi connectivity index (χ2n) is 14.0. The van der Waals surface area contributed by atoms with Crippen LogP contribution in [0.25, 0.3) is 92.5 Å². The highest BCUT2D eigenvalue weighted by molar-refractivity contribution is 6.26. The van der Waals surface area contributed by atoms with E-state index in [2.05, 4.69) is 135 Å². The second kappa shape index (κ2) is 8.87. The Morgan fingerprint density at radius 2 is 0.938 bits per heavy atom. The molecule has 0 N–H and O–H groups in total. The van der Waals surface area contributed by atoms with Crippen molar-refractivity contribution in [1.82, 2.24) is 4.40 Å². The zero-order valence-electron chi connectivity index (χ0n) is 26.6. The first kappa shape index (κ1) is 26.1. The molecule has 11 rings (SSSR count). The quantitative estimate of drug-likeness (QED) is 0.169. The lowest BCUT2D eigenvalue weighted by molar-refractivity contribution is 0.661. The number of hydrogen-bond acceptors (Lipinski definition) is 1. The summed E-state index contributed by atoms with van der Waals surface area (Å²) >= 11 is 0. The van der Waals surface area contributed by atoms with Crippen LogP contribution >= 0.6 is 0 Å². The Kier molecular flexibility index (Phi) is 4.83. The van der Waals surface area contributed by atoms with Crippen LogP contribution in [-0.4, -0.2) is 4.40 Å². The molecule has 1 aliphatic carbocycles. The summed E-state index contributed by atoms with van der Waals surface area (Å²) in [4.78, 5) is 14.3. The zero-order chi connectivity index (χ0) is 31.9. The van der Waals surface area contributed by atoms with Gasteiger partial charge in [0.1, 0.15) is 0 Å². The Bertz CT molecular complexity index is 3070. The SMILES string of the molecule is CC1(C)c2ccccc2-c2cc3c4cc(-c5ccc6c7ccccc7c7ccccc7c6c5)cc5c6ccccc6c(=O)n(c3cc21)c54. The Labute approximate surface area is 276 Å². The minimum atomic E-state index is -0.154. The van der Waals surface area contributed by atoms with Gasteiger partial charge >= 0.3 is 0 Å². The van der Waals surface area contributed by atoms with Gasteiger partial charge in [0.25, 0.3) is 5.56 Å². The smallest absolute Gasteiger partial charge is 0.263 e. The number of hydrogen-bond donors (Lipinski definition) is 0. The first-order chi connectivity index (χ1) is 23.5. The third-order valence-corrected chi connectivity index (χ3v) is 11.3. The molecule has 2 nitrogen and oxygen atoms in total. The summed E-state index contributed by atoms with van der Waals surface area (Å²) in [6, 6.07) is 50.6. The lowest BCUT2D eigenvalue weighted by atomic mass is 9.82. The molecule has 0 saturated carbocycles. The maximum atomic E-state index is 14.3. The summed E-state index contributed by atoms with van der Waals surface area (Å²) in [5.41, 5.74) is 9.37. The highest BCUT2D eigenvalue weighted by Gasteiger charge is 2.36. The highest BCUT2D eigenvalue weighted by Crippen LogP contribution is 2.51. The summed E-state index contributed by atoms with van der Waals surface area (Å²) < 4.78 is 1.99. The molecule has 0 radical (unpaired) electrons. The van der Waals surface area contributed by atoms with Crippen molar-refractivity contribution < 1.29 is 0 Å². The van der Waals surface area contributed by atoms with Gasteiger partial charge in [-0.15, -0.1) is 0 Å². The molecule has 0 bridgehead atoms. The first-order valence-corrected chi connectivity index (χ1v) is 16.7. The van der Waals surface area contributed by atoms with Crippen LogP contribution in [0.15, 0.2) is 144 Å². The van der Waals surface area contributed by atoms with Gasteiger partial charge in [0, 0.05) is 27.0 Å². The van der Waals surface area contributed by atoms with E-state index in [0.717, 1.165) is 43.5 Å². The van der Waals surface area contributed by atoms with Crippen LogP contribution in [0.5, 0.6) is 0 Å². The monoisotopic (exact) mass is 611 g/mol. The van der Waals surface area contributed by atoms with Crippen LogP contribution in [-0.2, 0) is 5.41 Å². The van der Waals surface area contributed by atoms with Gasteiger partial charge in [-0.05, 0) is 107 Å². The van der Waals surface area contributed by atoms with Gasteiger partial charge in [-0.25, -0.2) is 0 Å². The van der Waals surface area contributed by atoms with Crippen LogP contribution in [0.1, 0.15) is 25.0 Å². The summed E-state index contributed by atoms with van der Waals surface area (Å²) in [7, 11) is 0. The number of fused-ring (bicyclic) bond motifs is 14. The Morgan fingerprint density at radius 3 is 1.62 bits per heavy atom. The fraction of sp³-hybridized carbons (Fsp3) is 0.0652. The third-order valence-electron chi connectivity index (χ3n) is 11.3. The molecule has 1 aliphatic rings. The van der Waals surface area contributed by atoms with Crippen molar-refractivity contribution in [3.63, 3.8) is 0 Å². The average Bonchev–Trinajstić information content (AvgIpc) is 3.58. The molecule has 0 saturated heterocycles. The van der Waals surface area contributed by atoms with E-state index in [9.17, 15) is 4.79 Å². The van der Waals surface area contributed by atoms with Crippen LogP contribution in [0, 0.1) is 0 Å². The van der Waals surface area contributed by atoms with E-state index < -0.39 is 0 Å². The zero-order valence-corrected chi connectivity index (χ0v) is 26.6. The lowest BCUT2D eigenvalue weighted by Gasteiger charge is -2.21. The van der Waals surface area contributed by atoms with Gasteiger partial charge in [-0.1, -0.05) is 117 Å². The molecule has 0 atom stereocenters. The Hall–Kier alpha value is -5.99. The van der Waals surface area contributed by atoms with Crippen molar-refractivity contribution in [3.8, 4) is 22.3 Å². The van der Waals surface area contributed by atoms with Crippen LogP contribution in [0.2, 0.25) is 0 Å². The first-order valence-electron chi connectivity index (χ1n) is 16.7. The molecule has 48 heavy (non-hydrogen) atoms. The average molecular weight is 612 g/mol. The van der Waals surface area contributed by atoms with Crippen molar-refractivity contribution in [2.24, 2.45) is 0 Å². The molecule has 0 spiro atoms. The van der Waals surface area contributed by atoms with E-state index in [0.29, 0.717) is 0 Å². The maximum Gasteiger partial charge on any atom is 0.263 e. The van der Waals surface area contributed by atoms with Crippen molar-refractivity contribution in [3.05, 3.63) is 161 Å².